The summed E-state index contributed by atoms with van der Waals surface area (Å²) in [5.41, 5.74) is 1.53. The van der Waals surface area contributed by atoms with E-state index in [1.54, 1.807) is 0 Å². The van der Waals surface area contributed by atoms with Gasteiger partial charge in [0, 0.05) is 6.54 Å². The third kappa shape index (κ3) is 6.84. The molecule has 2 aromatic rings. The number of rotatable bonds is 7. The van der Waals surface area contributed by atoms with Gasteiger partial charge < -0.3 is 19.7 Å². The molecular weight excluding hydrogens is 349 g/mol. The van der Waals surface area contributed by atoms with Crippen LogP contribution in [0.2, 0.25) is 0 Å². The van der Waals surface area contributed by atoms with Crippen molar-refractivity contribution < 1.29 is 33.5 Å². The van der Waals surface area contributed by atoms with Gasteiger partial charge in [-0.2, -0.15) is 0 Å². The predicted molar refractivity (Wildman–Crippen MR) is 89.1 cm³/mol. The van der Waals surface area contributed by atoms with Crippen LogP contribution in [0.25, 0.3) is 0 Å². The summed E-state index contributed by atoms with van der Waals surface area (Å²) in [5.74, 6) is -0.709. The highest BCUT2D eigenvalue weighted by Crippen LogP contribution is 2.41. The summed E-state index contributed by atoms with van der Waals surface area (Å²) in [6.07, 6.45) is -0.168. The maximum absolute atomic E-state index is 11.6. The van der Waals surface area contributed by atoms with Gasteiger partial charge in [0.2, 0.25) is 0 Å². The lowest BCUT2D eigenvalue weighted by Gasteiger charge is -2.10. The zero-order valence-electron chi connectivity index (χ0n) is 13.2. The van der Waals surface area contributed by atoms with Gasteiger partial charge in [0.25, 0.3) is 0 Å². The molecule has 0 aromatic heterocycles. The molecular formula is C16H18NO7P. The lowest BCUT2D eigenvalue weighted by molar-refractivity contribution is 0.140. The second kappa shape index (κ2) is 8.53. The fourth-order valence-electron chi connectivity index (χ4n) is 2.01. The van der Waals surface area contributed by atoms with Crippen molar-refractivity contribution in [2.45, 2.75) is 13.0 Å². The highest BCUT2D eigenvalue weighted by Gasteiger charge is 2.18. The van der Waals surface area contributed by atoms with E-state index in [2.05, 4.69) is 9.84 Å². The van der Waals surface area contributed by atoms with E-state index in [9.17, 15) is 14.5 Å². The second-order valence-corrected chi connectivity index (χ2v) is 6.29. The zero-order valence-corrected chi connectivity index (χ0v) is 14.1. The third-order valence-corrected chi connectivity index (χ3v) is 3.57. The number of amides is 1. The van der Waals surface area contributed by atoms with E-state index >= 15 is 0 Å². The number of hydrogen-bond acceptors (Lipinski definition) is 5. The number of aromatic hydroxyl groups is 1. The lowest BCUT2D eigenvalue weighted by Crippen LogP contribution is -2.26. The molecule has 0 aliphatic carbocycles. The summed E-state index contributed by atoms with van der Waals surface area (Å²) in [6.45, 7) is 0.438. The molecule has 0 saturated carbocycles. The van der Waals surface area contributed by atoms with Crippen molar-refractivity contribution >= 4 is 13.9 Å². The Kier molecular flexibility index (Phi) is 6.41. The lowest BCUT2D eigenvalue weighted by atomic mass is 10.1. The number of phenolic OH excluding ortho intramolecular Hbond substituents is 1. The number of nitrogens with one attached hydrogen (secondary N) is 1. The molecule has 0 spiro atoms. The third-order valence-electron chi connectivity index (χ3n) is 3.14. The smallest absolute Gasteiger partial charge is 0.504 e. The van der Waals surface area contributed by atoms with E-state index in [0.29, 0.717) is 12.0 Å². The average Bonchev–Trinajstić information content (AvgIpc) is 2.55. The van der Waals surface area contributed by atoms with E-state index in [4.69, 9.17) is 14.5 Å². The van der Waals surface area contributed by atoms with Gasteiger partial charge in [-0.15, -0.1) is 0 Å². The Morgan fingerprint density at radius 1 is 1.08 bits per heavy atom. The summed E-state index contributed by atoms with van der Waals surface area (Å²) < 4.78 is 20.1. The first-order chi connectivity index (χ1) is 11.8. The maximum atomic E-state index is 11.6. The summed E-state index contributed by atoms with van der Waals surface area (Å²) in [5, 5.41) is 12.3. The molecule has 25 heavy (non-hydrogen) atoms. The van der Waals surface area contributed by atoms with Gasteiger partial charge in [0.05, 0.1) is 0 Å². The Hall–Kier alpha value is -2.54. The molecule has 8 nitrogen and oxygen atoms in total. The van der Waals surface area contributed by atoms with Crippen LogP contribution in [0.1, 0.15) is 11.1 Å². The first kappa shape index (κ1) is 18.8. The molecule has 0 aliphatic rings. The van der Waals surface area contributed by atoms with Gasteiger partial charge in [0.15, 0.2) is 11.5 Å². The number of hydrogen-bond donors (Lipinski definition) is 4. The predicted octanol–water partition coefficient (Wildman–Crippen LogP) is 2.33. The van der Waals surface area contributed by atoms with Crippen molar-refractivity contribution in [3.63, 3.8) is 0 Å². The standard InChI is InChI=1S/C16H18NO7P/c18-14-10-12(6-7-15(14)24-25(20,21)22)8-9-17-16(19)23-11-13-4-2-1-3-5-13/h1-7,10,18H,8-9,11H2,(H,17,19)(H2,20,21,22). The summed E-state index contributed by atoms with van der Waals surface area (Å²) in [7, 11) is -4.73. The Morgan fingerprint density at radius 2 is 1.80 bits per heavy atom. The van der Waals surface area contributed by atoms with Crippen LogP contribution in [0.15, 0.2) is 48.5 Å². The minimum atomic E-state index is -4.73. The Labute approximate surface area is 144 Å². The normalized spacial score (nSPS) is 11.0. The molecule has 9 heteroatoms. The summed E-state index contributed by atoms with van der Waals surface area (Å²) >= 11 is 0. The van der Waals surface area contributed by atoms with Crippen molar-refractivity contribution in [3.05, 3.63) is 59.7 Å². The van der Waals surface area contributed by atoms with Crippen molar-refractivity contribution in [3.8, 4) is 11.5 Å². The average molecular weight is 367 g/mol. The number of carbonyl (C=O) groups is 1. The SMILES string of the molecule is O=C(NCCc1ccc(OP(=O)(O)O)c(O)c1)OCc1ccccc1. The van der Waals surface area contributed by atoms with Gasteiger partial charge in [-0.1, -0.05) is 36.4 Å². The summed E-state index contributed by atoms with van der Waals surface area (Å²) in [4.78, 5) is 29.0. The summed E-state index contributed by atoms with van der Waals surface area (Å²) in [6, 6.07) is 13.3. The monoisotopic (exact) mass is 367 g/mol. The Morgan fingerprint density at radius 3 is 2.44 bits per heavy atom. The number of carbonyl (C=O) groups excluding carboxylic acids is 1. The molecule has 0 atom stereocenters. The molecule has 134 valence electrons. The molecule has 2 aromatic carbocycles. The highest BCUT2D eigenvalue weighted by molar-refractivity contribution is 7.46. The molecule has 0 saturated heterocycles. The van der Waals surface area contributed by atoms with Gasteiger partial charge in [0.1, 0.15) is 6.61 Å². The van der Waals surface area contributed by atoms with Crippen molar-refractivity contribution in [2.75, 3.05) is 6.54 Å². The van der Waals surface area contributed by atoms with Gasteiger partial charge >= 0.3 is 13.9 Å². The molecule has 1 amide bonds. The van der Waals surface area contributed by atoms with Crippen LogP contribution in [0.5, 0.6) is 11.5 Å². The first-order valence-electron chi connectivity index (χ1n) is 7.35. The second-order valence-electron chi connectivity index (χ2n) is 5.12. The largest absolute Gasteiger partial charge is 0.524 e. The van der Waals surface area contributed by atoms with Gasteiger partial charge in [-0.25, -0.2) is 9.36 Å². The van der Waals surface area contributed by atoms with Crippen LogP contribution in [-0.4, -0.2) is 27.5 Å². The molecule has 0 aliphatic heterocycles. The fraction of sp³-hybridized carbons (Fsp3) is 0.188. The van der Waals surface area contributed by atoms with E-state index < -0.39 is 19.7 Å². The Bertz CT molecular complexity index is 760. The van der Waals surface area contributed by atoms with E-state index in [1.807, 2.05) is 30.3 Å². The Balaban J connectivity index is 1.76. The zero-order chi connectivity index (χ0) is 18.3. The van der Waals surface area contributed by atoms with Crippen LogP contribution in [0.4, 0.5) is 4.79 Å². The number of benzene rings is 2. The fourth-order valence-corrected chi connectivity index (χ4v) is 2.42. The van der Waals surface area contributed by atoms with Crippen molar-refractivity contribution in [1.82, 2.24) is 5.32 Å². The molecule has 0 unspecified atom stereocenters. The molecule has 0 heterocycles. The molecule has 2 rings (SSSR count). The van der Waals surface area contributed by atoms with Gasteiger partial charge in [-0.3, -0.25) is 9.79 Å². The minimum absolute atomic E-state index is 0.169. The molecule has 0 radical (unpaired) electrons. The topological polar surface area (TPSA) is 125 Å². The van der Waals surface area contributed by atoms with E-state index in [0.717, 1.165) is 5.56 Å². The highest BCUT2D eigenvalue weighted by atomic mass is 31.2. The van der Waals surface area contributed by atoms with Crippen molar-refractivity contribution in [1.29, 1.82) is 0 Å². The van der Waals surface area contributed by atoms with Crippen LogP contribution in [-0.2, 0) is 22.3 Å². The quantitative estimate of drug-likeness (QED) is 0.554. The number of alkyl carbamates (subject to hydrolysis) is 1. The number of phosphoric acid groups is 1. The van der Waals surface area contributed by atoms with Crippen LogP contribution in [0, 0.1) is 0 Å². The number of phosphoric ester groups is 1. The molecule has 0 bridgehead atoms. The van der Waals surface area contributed by atoms with E-state index in [1.165, 1.54) is 18.2 Å². The molecule has 0 fully saturated rings. The van der Waals surface area contributed by atoms with Crippen molar-refractivity contribution in [2.24, 2.45) is 0 Å². The van der Waals surface area contributed by atoms with E-state index in [-0.39, 0.29) is 18.9 Å². The molecule has 4 N–H and O–H groups in total. The minimum Gasteiger partial charge on any atom is -0.504 e. The number of phenols is 1. The first-order valence-corrected chi connectivity index (χ1v) is 8.88. The number of ether oxygens (including phenoxy) is 1. The van der Waals surface area contributed by atoms with Crippen LogP contribution in [0.3, 0.4) is 0 Å². The van der Waals surface area contributed by atoms with Crippen LogP contribution < -0.4 is 9.84 Å². The maximum Gasteiger partial charge on any atom is 0.524 e. The van der Waals surface area contributed by atoms with Gasteiger partial charge in [-0.05, 0) is 29.7 Å². The van der Waals surface area contributed by atoms with Crippen LogP contribution >= 0.6 is 7.82 Å².